The topological polar surface area (TPSA) is 106 Å². The Balaban J connectivity index is 2.00. The van der Waals surface area contributed by atoms with Crippen LogP contribution in [0.4, 0.5) is 5.69 Å². The van der Waals surface area contributed by atoms with Gasteiger partial charge in [-0.15, -0.1) is 0 Å². The second-order valence-electron chi connectivity index (χ2n) is 4.94. The Kier molecular flexibility index (Phi) is 4.36. The van der Waals surface area contributed by atoms with Crippen LogP contribution in [-0.2, 0) is 25.6 Å². The smallest absolute Gasteiger partial charge is 0.215 e. The van der Waals surface area contributed by atoms with E-state index in [1.54, 1.807) is 24.3 Å². The number of hydrogen-bond acceptors (Lipinski definition) is 5. The van der Waals surface area contributed by atoms with Crippen LogP contribution in [-0.4, -0.2) is 34.4 Å². The minimum absolute atomic E-state index is 0.0581. The number of nitrogens with two attached hydrogens (primary N) is 1. The normalized spacial score (nSPS) is 21.9. The number of sulfone groups is 1. The number of anilines is 1. The van der Waals surface area contributed by atoms with Crippen molar-refractivity contribution in [2.24, 2.45) is 0 Å². The quantitative estimate of drug-likeness (QED) is 0.758. The second-order valence-corrected chi connectivity index (χ2v) is 9.15. The van der Waals surface area contributed by atoms with Crippen molar-refractivity contribution in [1.29, 1.82) is 0 Å². The highest BCUT2D eigenvalue weighted by Crippen LogP contribution is 2.20. The van der Waals surface area contributed by atoms with Crippen LogP contribution in [0.2, 0.25) is 0 Å². The van der Waals surface area contributed by atoms with Gasteiger partial charge in [0.05, 0.1) is 16.8 Å². The Labute approximate surface area is 119 Å². The zero-order valence-corrected chi connectivity index (χ0v) is 12.6. The molecule has 1 aliphatic heterocycles. The van der Waals surface area contributed by atoms with Crippen molar-refractivity contribution in [3.05, 3.63) is 29.8 Å². The Hall–Kier alpha value is -1.12. The Morgan fingerprint density at radius 2 is 2.00 bits per heavy atom. The van der Waals surface area contributed by atoms with Gasteiger partial charge in [-0.3, -0.25) is 0 Å². The van der Waals surface area contributed by atoms with Gasteiger partial charge in [0.25, 0.3) is 0 Å². The molecule has 112 valence electrons. The zero-order valence-electron chi connectivity index (χ0n) is 10.9. The van der Waals surface area contributed by atoms with Crippen molar-refractivity contribution in [1.82, 2.24) is 4.72 Å². The summed E-state index contributed by atoms with van der Waals surface area (Å²) in [6.07, 6.45) is 1.11. The van der Waals surface area contributed by atoms with Gasteiger partial charge in [0, 0.05) is 12.2 Å². The standard InChI is InChI=1S/C12H18N2O4S2/c13-12-6-2-1-4-10(12)9-20(17,18)14-8-11-5-3-7-19(11,15)16/h1-2,4,6,11,14H,3,5,7-9,13H2. The summed E-state index contributed by atoms with van der Waals surface area (Å²) in [6.45, 7) is -0.0581. The minimum Gasteiger partial charge on any atom is -0.398 e. The van der Waals surface area contributed by atoms with Gasteiger partial charge in [-0.2, -0.15) is 0 Å². The van der Waals surface area contributed by atoms with Crippen LogP contribution in [0, 0.1) is 0 Å². The van der Waals surface area contributed by atoms with Crippen molar-refractivity contribution in [3.63, 3.8) is 0 Å². The third-order valence-corrected chi connectivity index (χ3v) is 6.97. The van der Waals surface area contributed by atoms with Crippen molar-refractivity contribution in [2.45, 2.75) is 23.8 Å². The lowest BCUT2D eigenvalue weighted by atomic mass is 10.2. The van der Waals surface area contributed by atoms with E-state index in [0.29, 0.717) is 24.1 Å². The van der Waals surface area contributed by atoms with E-state index in [4.69, 9.17) is 5.73 Å². The highest BCUT2D eigenvalue weighted by molar-refractivity contribution is 7.92. The largest absolute Gasteiger partial charge is 0.398 e. The molecule has 1 heterocycles. The molecule has 2 rings (SSSR count). The number of hydrogen-bond donors (Lipinski definition) is 2. The molecule has 1 fully saturated rings. The fraction of sp³-hybridized carbons (Fsp3) is 0.500. The van der Waals surface area contributed by atoms with Gasteiger partial charge in [-0.1, -0.05) is 18.2 Å². The van der Waals surface area contributed by atoms with Crippen molar-refractivity contribution in [2.75, 3.05) is 18.0 Å². The van der Waals surface area contributed by atoms with Crippen LogP contribution in [0.1, 0.15) is 18.4 Å². The Morgan fingerprint density at radius 3 is 2.60 bits per heavy atom. The van der Waals surface area contributed by atoms with Crippen LogP contribution in [0.25, 0.3) is 0 Å². The molecular weight excluding hydrogens is 300 g/mol. The molecule has 20 heavy (non-hydrogen) atoms. The first-order chi connectivity index (χ1) is 9.30. The van der Waals surface area contributed by atoms with Gasteiger partial charge in [0.15, 0.2) is 9.84 Å². The summed E-state index contributed by atoms with van der Waals surface area (Å²) in [4.78, 5) is 0. The molecule has 3 N–H and O–H groups in total. The van der Waals surface area contributed by atoms with Gasteiger partial charge < -0.3 is 5.73 Å². The molecular formula is C12H18N2O4S2. The molecule has 0 radical (unpaired) electrons. The first-order valence-corrected chi connectivity index (χ1v) is 9.69. The summed E-state index contributed by atoms with van der Waals surface area (Å²) in [6, 6.07) is 6.71. The summed E-state index contributed by atoms with van der Waals surface area (Å²) in [5.41, 5.74) is 6.62. The van der Waals surface area contributed by atoms with Crippen molar-refractivity contribution >= 4 is 25.5 Å². The molecule has 1 atom stereocenters. The summed E-state index contributed by atoms with van der Waals surface area (Å²) >= 11 is 0. The lowest BCUT2D eigenvalue weighted by Gasteiger charge is -2.12. The van der Waals surface area contributed by atoms with Crippen LogP contribution in [0.3, 0.4) is 0 Å². The molecule has 1 unspecified atom stereocenters. The lowest BCUT2D eigenvalue weighted by molar-refractivity contribution is 0.570. The zero-order chi connectivity index (χ0) is 14.8. The maximum atomic E-state index is 12.0. The summed E-state index contributed by atoms with van der Waals surface area (Å²) < 4.78 is 49.6. The van der Waals surface area contributed by atoms with E-state index in [-0.39, 0.29) is 18.1 Å². The predicted octanol–water partition coefficient (Wildman–Crippen LogP) is 0.265. The third kappa shape index (κ3) is 3.71. The molecule has 0 bridgehead atoms. The van der Waals surface area contributed by atoms with Crippen molar-refractivity contribution < 1.29 is 16.8 Å². The minimum atomic E-state index is -3.59. The Morgan fingerprint density at radius 1 is 1.30 bits per heavy atom. The number of benzene rings is 1. The molecule has 1 aromatic carbocycles. The van der Waals surface area contributed by atoms with E-state index in [0.717, 1.165) is 0 Å². The average molecular weight is 318 g/mol. The van der Waals surface area contributed by atoms with Crippen LogP contribution < -0.4 is 10.5 Å². The molecule has 1 aliphatic rings. The maximum absolute atomic E-state index is 12.0. The van der Waals surface area contributed by atoms with E-state index in [2.05, 4.69) is 4.72 Å². The van der Waals surface area contributed by atoms with E-state index in [1.165, 1.54) is 0 Å². The molecule has 0 amide bonds. The van der Waals surface area contributed by atoms with Gasteiger partial charge in [-0.25, -0.2) is 21.6 Å². The van der Waals surface area contributed by atoms with Gasteiger partial charge >= 0.3 is 0 Å². The van der Waals surface area contributed by atoms with Crippen LogP contribution in [0.5, 0.6) is 0 Å². The molecule has 0 saturated carbocycles. The van der Waals surface area contributed by atoms with Crippen LogP contribution >= 0.6 is 0 Å². The Bertz CT molecular complexity index is 683. The summed E-state index contributed by atoms with van der Waals surface area (Å²) in [5, 5.41) is -0.606. The number of sulfonamides is 1. The fourth-order valence-electron chi connectivity index (χ4n) is 2.23. The molecule has 0 spiro atoms. The molecule has 1 aromatic rings. The van der Waals surface area contributed by atoms with E-state index >= 15 is 0 Å². The highest BCUT2D eigenvalue weighted by atomic mass is 32.2. The number of para-hydroxylation sites is 1. The van der Waals surface area contributed by atoms with Crippen LogP contribution in [0.15, 0.2) is 24.3 Å². The van der Waals surface area contributed by atoms with Crippen molar-refractivity contribution in [3.8, 4) is 0 Å². The van der Waals surface area contributed by atoms with E-state index in [1.807, 2.05) is 0 Å². The first kappa shape index (κ1) is 15.3. The van der Waals surface area contributed by atoms with Gasteiger partial charge in [-0.05, 0) is 24.5 Å². The second kappa shape index (κ2) is 5.71. The predicted molar refractivity (Wildman–Crippen MR) is 78.3 cm³/mol. The third-order valence-electron chi connectivity index (χ3n) is 3.39. The van der Waals surface area contributed by atoms with Gasteiger partial charge in [0.2, 0.25) is 10.0 Å². The number of nitrogens with one attached hydrogen (secondary N) is 1. The molecule has 0 aliphatic carbocycles. The summed E-state index contributed by atoms with van der Waals surface area (Å²) in [5.74, 6) is -0.0997. The first-order valence-electron chi connectivity index (χ1n) is 6.32. The van der Waals surface area contributed by atoms with E-state index in [9.17, 15) is 16.8 Å². The fourth-order valence-corrected chi connectivity index (χ4v) is 5.33. The monoisotopic (exact) mass is 318 g/mol. The summed E-state index contributed by atoms with van der Waals surface area (Å²) in [7, 11) is -6.73. The van der Waals surface area contributed by atoms with Gasteiger partial charge in [0.1, 0.15) is 0 Å². The maximum Gasteiger partial charge on any atom is 0.215 e. The lowest BCUT2D eigenvalue weighted by Crippen LogP contribution is -2.35. The molecule has 1 saturated heterocycles. The molecule has 8 heteroatoms. The average Bonchev–Trinajstić information content (AvgIpc) is 2.69. The SMILES string of the molecule is Nc1ccccc1CS(=O)(=O)NCC1CCCS1(=O)=O. The highest BCUT2D eigenvalue weighted by Gasteiger charge is 2.32. The molecule has 0 aromatic heterocycles. The number of nitrogen functional groups attached to an aromatic ring is 1. The van der Waals surface area contributed by atoms with E-state index < -0.39 is 25.1 Å². The number of rotatable bonds is 5. The molecule has 6 nitrogen and oxygen atoms in total.